The van der Waals surface area contributed by atoms with Gasteiger partial charge in [-0.1, -0.05) is 43.3 Å². The summed E-state index contributed by atoms with van der Waals surface area (Å²) in [6, 6.07) is 15.7. The van der Waals surface area contributed by atoms with E-state index < -0.39 is 17.8 Å². The molecule has 4 aromatic rings. The molecular formula is C25H26FN5O2S. The molecule has 0 aliphatic heterocycles. The molecule has 7 nitrogen and oxygen atoms in total. The van der Waals surface area contributed by atoms with Gasteiger partial charge in [-0.3, -0.25) is 14.5 Å². The Morgan fingerprint density at radius 2 is 1.94 bits per heavy atom. The fraction of sp³-hybridized carbons (Fsp3) is 0.280. The van der Waals surface area contributed by atoms with Gasteiger partial charge in [0.05, 0.1) is 5.52 Å². The number of aromatic nitrogens is 3. The summed E-state index contributed by atoms with van der Waals surface area (Å²) in [5, 5.41) is 13.0. The van der Waals surface area contributed by atoms with Crippen molar-refractivity contribution in [1.29, 1.82) is 0 Å². The molecule has 2 amide bonds. The molecule has 0 aliphatic rings. The molecule has 0 radical (unpaired) electrons. The minimum Gasteiger partial charge on any atom is -0.354 e. The summed E-state index contributed by atoms with van der Waals surface area (Å²) in [5.74, 6) is -0.795. The van der Waals surface area contributed by atoms with E-state index in [1.165, 1.54) is 39.1 Å². The monoisotopic (exact) mass is 479 g/mol. The van der Waals surface area contributed by atoms with Crippen LogP contribution in [0, 0.1) is 11.7 Å². The number of halogens is 1. The van der Waals surface area contributed by atoms with Gasteiger partial charge in [0.25, 0.3) is 0 Å². The molecule has 4 rings (SSSR count). The number of nitrogens with zero attached hydrogens (tertiary/aromatic N) is 4. The van der Waals surface area contributed by atoms with Gasteiger partial charge in [0.15, 0.2) is 0 Å². The first-order valence-corrected chi connectivity index (χ1v) is 12.0. The first-order valence-electron chi connectivity index (χ1n) is 11.1. The fourth-order valence-corrected chi connectivity index (χ4v) is 4.52. The van der Waals surface area contributed by atoms with E-state index in [0.29, 0.717) is 34.1 Å². The average molecular weight is 480 g/mol. The number of carbonyl (C=O) groups is 2. The zero-order chi connectivity index (χ0) is 24.1. The van der Waals surface area contributed by atoms with Crippen LogP contribution in [0.15, 0.2) is 66.0 Å². The summed E-state index contributed by atoms with van der Waals surface area (Å²) in [6.07, 6.45) is 0.807. The van der Waals surface area contributed by atoms with Crippen LogP contribution in [0.5, 0.6) is 0 Å². The molecule has 2 aromatic carbocycles. The Labute approximate surface area is 201 Å². The molecular weight excluding hydrogens is 453 g/mol. The fourth-order valence-electron chi connectivity index (χ4n) is 3.70. The summed E-state index contributed by atoms with van der Waals surface area (Å²) in [4.78, 5) is 29.2. The Balaban J connectivity index is 1.72. The predicted octanol–water partition coefficient (Wildman–Crippen LogP) is 4.57. The van der Waals surface area contributed by atoms with Gasteiger partial charge in [-0.25, -0.2) is 9.07 Å². The van der Waals surface area contributed by atoms with Gasteiger partial charge in [0.1, 0.15) is 23.9 Å². The number of hydrogen-bond acceptors (Lipinski definition) is 5. The Kier molecular flexibility index (Phi) is 7.32. The summed E-state index contributed by atoms with van der Waals surface area (Å²) in [5.41, 5.74) is 1.66. The highest BCUT2D eigenvalue weighted by Crippen LogP contribution is 2.31. The summed E-state index contributed by atoms with van der Waals surface area (Å²) in [7, 11) is 0. The Hall–Kier alpha value is -3.59. The van der Waals surface area contributed by atoms with Gasteiger partial charge in [0, 0.05) is 17.1 Å². The van der Waals surface area contributed by atoms with E-state index in [0.717, 1.165) is 6.42 Å². The molecule has 1 N–H and O–H groups in total. The number of para-hydroxylation sites is 1. The van der Waals surface area contributed by atoms with E-state index in [1.54, 1.807) is 6.07 Å². The number of amides is 2. The molecule has 0 fully saturated rings. The van der Waals surface area contributed by atoms with Crippen molar-refractivity contribution in [2.24, 2.45) is 5.92 Å². The molecule has 1 atom stereocenters. The first-order chi connectivity index (χ1) is 16.4. The van der Waals surface area contributed by atoms with Crippen LogP contribution in [-0.4, -0.2) is 33.4 Å². The molecule has 9 heteroatoms. The normalized spacial score (nSPS) is 12.1. The number of hydrogen-bond donors (Lipinski definition) is 1. The smallest absolute Gasteiger partial charge is 0.249 e. The minimum absolute atomic E-state index is 0.155. The topological polar surface area (TPSA) is 80.1 Å². The second-order valence-electron chi connectivity index (χ2n) is 8.37. The van der Waals surface area contributed by atoms with Gasteiger partial charge >= 0.3 is 0 Å². The van der Waals surface area contributed by atoms with Gasteiger partial charge in [-0.2, -0.15) is 0 Å². The number of thiophene rings is 1. The van der Waals surface area contributed by atoms with Gasteiger partial charge < -0.3 is 5.32 Å². The minimum atomic E-state index is -0.948. The van der Waals surface area contributed by atoms with E-state index in [1.807, 2.05) is 41.8 Å². The van der Waals surface area contributed by atoms with Crippen molar-refractivity contribution in [3.8, 4) is 0 Å². The molecule has 0 aliphatic carbocycles. The SMILES string of the molecule is CC(C)CCNC(=O)[C@H](c1cccs1)N(C(=O)Cn1nnc2ccccc21)c1cccc(F)c1. The van der Waals surface area contributed by atoms with Crippen LogP contribution in [0.25, 0.3) is 11.0 Å². The predicted molar refractivity (Wildman–Crippen MR) is 131 cm³/mol. The summed E-state index contributed by atoms with van der Waals surface area (Å²) < 4.78 is 15.7. The van der Waals surface area contributed by atoms with Crippen molar-refractivity contribution < 1.29 is 14.0 Å². The molecule has 0 saturated heterocycles. The molecule has 0 unspecified atom stereocenters. The Bertz CT molecular complexity index is 1270. The van der Waals surface area contributed by atoms with E-state index in [9.17, 15) is 14.0 Å². The lowest BCUT2D eigenvalue weighted by molar-refractivity contribution is -0.126. The van der Waals surface area contributed by atoms with Crippen molar-refractivity contribution in [2.45, 2.75) is 32.9 Å². The molecule has 0 spiro atoms. The van der Waals surface area contributed by atoms with Crippen molar-refractivity contribution in [1.82, 2.24) is 20.3 Å². The van der Waals surface area contributed by atoms with Crippen molar-refractivity contribution >= 4 is 39.9 Å². The molecule has 34 heavy (non-hydrogen) atoms. The second-order valence-corrected chi connectivity index (χ2v) is 9.35. The van der Waals surface area contributed by atoms with E-state index in [2.05, 4.69) is 29.5 Å². The third-order valence-electron chi connectivity index (χ3n) is 5.40. The third kappa shape index (κ3) is 5.31. The van der Waals surface area contributed by atoms with Crippen LogP contribution in [0.1, 0.15) is 31.2 Å². The average Bonchev–Trinajstić information content (AvgIpc) is 3.47. The first kappa shape index (κ1) is 23.6. The van der Waals surface area contributed by atoms with Crippen molar-refractivity contribution in [3.63, 3.8) is 0 Å². The van der Waals surface area contributed by atoms with Crippen LogP contribution in [0.2, 0.25) is 0 Å². The summed E-state index contributed by atoms with van der Waals surface area (Å²) >= 11 is 1.37. The van der Waals surface area contributed by atoms with Crippen LogP contribution < -0.4 is 10.2 Å². The van der Waals surface area contributed by atoms with Crippen molar-refractivity contribution in [3.05, 3.63) is 76.7 Å². The van der Waals surface area contributed by atoms with Crippen LogP contribution >= 0.6 is 11.3 Å². The van der Waals surface area contributed by atoms with E-state index >= 15 is 0 Å². The van der Waals surface area contributed by atoms with Gasteiger partial charge in [-0.05, 0) is 54.1 Å². The largest absolute Gasteiger partial charge is 0.354 e. The quantitative estimate of drug-likeness (QED) is 0.381. The number of carbonyl (C=O) groups excluding carboxylic acids is 2. The van der Waals surface area contributed by atoms with Crippen LogP contribution in [0.4, 0.5) is 10.1 Å². The highest BCUT2D eigenvalue weighted by Gasteiger charge is 2.34. The Morgan fingerprint density at radius 3 is 2.68 bits per heavy atom. The number of benzene rings is 2. The lowest BCUT2D eigenvalue weighted by Crippen LogP contribution is -2.45. The second kappa shape index (κ2) is 10.6. The molecule has 0 saturated carbocycles. The number of rotatable bonds is 9. The maximum atomic E-state index is 14.2. The lowest BCUT2D eigenvalue weighted by atomic mass is 10.1. The maximum Gasteiger partial charge on any atom is 0.249 e. The van der Waals surface area contributed by atoms with Gasteiger partial charge in [0.2, 0.25) is 11.8 Å². The van der Waals surface area contributed by atoms with Gasteiger partial charge in [-0.15, -0.1) is 16.4 Å². The standard InChI is InChI=1S/C25H26FN5O2S/c1-17(2)12-13-27-25(33)24(22-11-6-14-34-22)31(19-8-5-7-18(26)15-19)23(32)16-30-21-10-4-3-9-20(21)28-29-30/h3-11,14-15,17,24H,12-13,16H2,1-2H3,(H,27,33)/t24-/m0/s1. The highest BCUT2D eigenvalue weighted by molar-refractivity contribution is 7.10. The molecule has 0 bridgehead atoms. The van der Waals surface area contributed by atoms with Crippen molar-refractivity contribution in [2.75, 3.05) is 11.4 Å². The summed E-state index contributed by atoms with van der Waals surface area (Å²) in [6.45, 7) is 4.48. The maximum absolute atomic E-state index is 14.2. The molecule has 2 heterocycles. The lowest BCUT2D eigenvalue weighted by Gasteiger charge is -2.30. The number of fused-ring (bicyclic) bond motifs is 1. The number of anilines is 1. The van der Waals surface area contributed by atoms with Crippen LogP contribution in [0.3, 0.4) is 0 Å². The zero-order valence-electron chi connectivity index (χ0n) is 19.0. The Morgan fingerprint density at radius 1 is 1.12 bits per heavy atom. The highest BCUT2D eigenvalue weighted by atomic mass is 32.1. The third-order valence-corrected chi connectivity index (χ3v) is 6.33. The van der Waals surface area contributed by atoms with E-state index in [4.69, 9.17) is 0 Å². The zero-order valence-corrected chi connectivity index (χ0v) is 19.8. The van der Waals surface area contributed by atoms with E-state index in [-0.39, 0.29) is 12.5 Å². The molecule has 2 aromatic heterocycles. The number of nitrogens with one attached hydrogen (secondary N) is 1. The van der Waals surface area contributed by atoms with Crippen LogP contribution in [-0.2, 0) is 16.1 Å². The molecule has 176 valence electrons.